The van der Waals surface area contributed by atoms with Gasteiger partial charge in [0, 0.05) is 5.56 Å². The summed E-state index contributed by atoms with van der Waals surface area (Å²) in [4.78, 5) is 14.2. The molecule has 0 aromatic carbocycles. The van der Waals surface area contributed by atoms with Crippen LogP contribution in [0.5, 0.6) is 5.75 Å². The Morgan fingerprint density at radius 1 is 1.35 bits per heavy atom. The van der Waals surface area contributed by atoms with Gasteiger partial charge in [0.2, 0.25) is 0 Å². The third kappa shape index (κ3) is 3.34. The maximum atomic E-state index is 13.0. The average molecular weight is 299 g/mol. The van der Waals surface area contributed by atoms with E-state index in [4.69, 9.17) is 0 Å². The number of halogens is 5. The molecule has 20 heavy (non-hydrogen) atoms. The Kier molecular flexibility index (Phi) is 4.85. The van der Waals surface area contributed by atoms with Gasteiger partial charge >= 0.3 is 12.1 Å². The molecule has 0 radical (unpaired) electrons. The predicted molar refractivity (Wildman–Crippen MR) is 56.5 cm³/mol. The van der Waals surface area contributed by atoms with E-state index < -0.39 is 47.6 Å². The van der Waals surface area contributed by atoms with Gasteiger partial charge in [-0.2, -0.15) is 13.2 Å². The first-order valence-electron chi connectivity index (χ1n) is 5.20. The number of nitrogens with zero attached hydrogens (tertiary/aromatic N) is 1. The van der Waals surface area contributed by atoms with Crippen LogP contribution in [0, 0.1) is 0 Å². The van der Waals surface area contributed by atoms with Crippen LogP contribution in [0.15, 0.2) is 6.20 Å². The Morgan fingerprint density at radius 2 is 1.95 bits per heavy atom. The topological polar surface area (TPSA) is 48.4 Å². The van der Waals surface area contributed by atoms with Crippen LogP contribution in [-0.2, 0) is 22.1 Å². The lowest BCUT2D eigenvalue weighted by atomic mass is 10.0. The fraction of sp³-hybridized carbons (Fsp3) is 0.455. The van der Waals surface area contributed by atoms with Crippen LogP contribution in [0.4, 0.5) is 22.0 Å². The van der Waals surface area contributed by atoms with Crippen molar-refractivity contribution in [2.75, 3.05) is 14.2 Å². The summed E-state index contributed by atoms with van der Waals surface area (Å²) < 4.78 is 73.1. The monoisotopic (exact) mass is 299 g/mol. The molecule has 0 amide bonds. The Hall–Kier alpha value is -1.93. The molecule has 0 saturated heterocycles. The summed E-state index contributed by atoms with van der Waals surface area (Å²) in [7, 11) is 2.01. The van der Waals surface area contributed by atoms with Crippen LogP contribution in [0.1, 0.15) is 23.2 Å². The molecular weight excluding hydrogens is 289 g/mol. The van der Waals surface area contributed by atoms with E-state index in [1.807, 2.05) is 0 Å². The number of carbonyl (C=O) groups is 1. The second-order valence-corrected chi connectivity index (χ2v) is 3.62. The molecule has 4 nitrogen and oxygen atoms in total. The number of pyridine rings is 1. The van der Waals surface area contributed by atoms with Crippen LogP contribution in [-0.4, -0.2) is 25.2 Å². The van der Waals surface area contributed by atoms with Crippen molar-refractivity contribution in [2.45, 2.75) is 19.0 Å². The first kappa shape index (κ1) is 16.1. The second kappa shape index (κ2) is 6.02. The maximum Gasteiger partial charge on any atom is 0.418 e. The Bertz CT molecular complexity index is 502. The zero-order valence-corrected chi connectivity index (χ0v) is 10.4. The molecule has 0 aliphatic carbocycles. The number of hydrogen-bond donors (Lipinski definition) is 0. The lowest BCUT2D eigenvalue weighted by molar-refractivity contribution is -0.142. The molecule has 0 aliphatic heterocycles. The number of rotatable bonds is 4. The Labute approximate surface area is 110 Å². The predicted octanol–water partition coefficient (Wildman–Crippen LogP) is 2.76. The number of hydrogen-bond acceptors (Lipinski definition) is 4. The van der Waals surface area contributed by atoms with Crippen molar-refractivity contribution in [1.29, 1.82) is 0 Å². The Morgan fingerprint density at radius 3 is 2.35 bits per heavy atom. The highest BCUT2D eigenvalue weighted by molar-refractivity contribution is 5.74. The largest absolute Gasteiger partial charge is 0.495 e. The molecule has 0 N–H and O–H groups in total. The summed E-state index contributed by atoms with van der Waals surface area (Å²) in [5.41, 5.74) is -3.84. The van der Waals surface area contributed by atoms with Gasteiger partial charge in [-0.05, 0) is 0 Å². The van der Waals surface area contributed by atoms with Gasteiger partial charge in [-0.15, -0.1) is 0 Å². The van der Waals surface area contributed by atoms with Gasteiger partial charge in [0.05, 0.1) is 32.4 Å². The smallest absolute Gasteiger partial charge is 0.418 e. The van der Waals surface area contributed by atoms with E-state index >= 15 is 0 Å². The molecular formula is C11H10F5NO3. The van der Waals surface area contributed by atoms with E-state index in [2.05, 4.69) is 14.5 Å². The van der Waals surface area contributed by atoms with Crippen LogP contribution in [0.2, 0.25) is 0 Å². The zero-order chi connectivity index (χ0) is 15.5. The molecule has 0 bridgehead atoms. The minimum Gasteiger partial charge on any atom is -0.495 e. The second-order valence-electron chi connectivity index (χ2n) is 3.62. The van der Waals surface area contributed by atoms with Crippen LogP contribution >= 0.6 is 0 Å². The molecule has 112 valence electrons. The zero-order valence-electron chi connectivity index (χ0n) is 10.4. The van der Waals surface area contributed by atoms with Gasteiger partial charge in [0.25, 0.3) is 6.43 Å². The number of aromatic nitrogens is 1. The molecule has 0 saturated carbocycles. The molecule has 9 heteroatoms. The minimum atomic E-state index is -5.10. The summed E-state index contributed by atoms with van der Waals surface area (Å²) in [6.07, 6.45) is -8.67. The number of methoxy groups -OCH3 is 2. The van der Waals surface area contributed by atoms with Gasteiger partial charge < -0.3 is 9.47 Å². The van der Waals surface area contributed by atoms with E-state index in [1.54, 1.807) is 0 Å². The highest BCUT2D eigenvalue weighted by atomic mass is 19.4. The van der Waals surface area contributed by atoms with Crippen LogP contribution in [0.3, 0.4) is 0 Å². The van der Waals surface area contributed by atoms with Gasteiger partial charge in [0.15, 0.2) is 0 Å². The fourth-order valence-corrected chi connectivity index (χ4v) is 1.60. The van der Waals surface area contributed by atoms with Crippen molar-refractivity contribution in [3.63, 3.8) is 0 Å². The number of carbonyl (C=O) groups excluding carboxylic acids is 1. The highest BCUT2D eigenvalue weighted by Gasteiger charge is 2.41. The third-order valence-corrected chi connectivity index (χ3v) is 2.44. The summed E-state index contributed by atoms with van der Waals surface area (Å²) in [6.45, 7) is 0. The van der Waals surface area contributed by atoms with Crippen molar-refractivity contribution in [1.82, 2.24) is 4.98 Å². The summed E-state index contributed by atoms with van der Waals surface area (Å²) >= 11 is 0. The van der Waals surface area contributed by atoms with Gasteiger partial charge in [0.1, 0.15) is 11.4 Å². The van der Waals surface area contributed by atoms with Crippen molar-refractivity contribution < 1.29 is 36.2 Å². The number of esters is 1. The molecule has 0 spiro atoms. The summed E-state index contributed by atoms with van der Waals surface area (Å²) in [5.74, 6) is -1.42. The van der Waals surface area contributed by atoms with Gasteiger partial charge in [-0.3, -0.25) is 9.78 Å². The fourth-order valence-electron chi connectivity index (χ4n) is 1.60. The first-order chi connectivity index (χ1) is 9.22. The highest BCUT2D eigenvalue weighted by Crippen LogP contribution is 2.40. The van der Waals surface area contributed by atoms with E-state index in [-0.39, 0.29) is 0 Å². The molecule has 0 aliphatic rings. The third-order valence-electron chi connectivity index (χ3n) is 2.44. The van der Waals surface area contributed by atoms with E-state index in [1.165, 1.54) is 0 Å². The molecule has 1 heterocycles. The first-order valence-corrected chi connectivity index (χ1v) is 5.20. The molecule has 1 aromatic heterocycles. The minimum absolute atomic E-state index is 0.410. The van der Waals surface area contributed by atoms with E-state index in [0.717, 1.165) is 20.4 Å². The average Bonchev–Trinajstić information content (AvgIpc) is 2.36. The molecule has 1 rings (SSSR count). The quantitative estimate of drug-likeness (QED) is 0.633. The van der Waals surface area contributed by atoms with Gasteiger partial charge in [-0.25, -0.2) is 8.78 Å². The van der Waals surface area contributed by atoms with E-state index in [0.29, 0.717) is 0 Å². The summed E-state index contributed by atoms with van der Waals surface area (Å²) in [6, 6.07) is 0. The molecule has 0 fully saturated rings. The standard InChI is InChI=1S/C11H10F5NO3/c1-19-6-4-17-9(10(12)13)8(11(14,15)16)5(6)3-7(18)20-2/h4,10H,3H2,1-2H3. The van der Waals surface area contributed by atoms with Crippen molar-refractivity contribution in [2.24, 2.45) is 0 Å². The Balaban J connectivity index is 3.56. The normalized spacial score (nSPS) is 11.6. The molecule has 1 aromatic rings. The van der Waals surface area contributed by atoms with Gasteiger partial charge in [-0.1, -0.05) is 0 Å². The maximum absolute atomic E-state index is 13.0. The number of ether oxygens (including phenoxy) is 2. The molecule has 0 atom stereocenters. The SMILES string of the molecule is COC(=O)Cc1c(OC)cnc(C(F)F)c1C(F)(F)F. The van der Waals surface area contributed by atoms with Crippen LogP contribution in [0.25, 0.3) is 0 Å². The van der Waals surface area contributed by atoms with Crippen molar-refractivity contribution >= 4 is 5.97 Å². The number of alkyl halides is 5. The molecule has 0 unspecified atom stereocenters. The lowest BCUT2D eigenvalue weighted by Crippen LogP contribution is -2.18. The van der Waals surface area contributed by atoms with E-state index in [9.17, 15) is 26.7 Å². The van der Waals surface area contributed by atoms with Crippen LogP contribution < -0.4 is 4.74 Å². The van der Waals surface area contributed by atoms with Crippen molar-refractivity contribution in [3.05, 3.63) is 23.0 Å². The summed E-state index contributed by atoms with van der Waals surface area (Å²) in [5, 5.41) is 0. The van der Waals surface area contributed by atoms with Crippen molar-refractivity contribution in [3.8, 4) is 5.75 Å². The lowest BCUT2D eigenvalue weighted by Gasteiger charge is -2.18.